The van der Waals surface area contributed by atoms with Crippen molar-refractivity contribution in [2.45, 2.75) is 64.1 Å². The van der Waals surface area contributed by atoms with E-state index in [0.717, 1.165) is 29.8 Å². The molecule has 0 bridgehead atoms. The first-order chi connectivity index (χ1) is 12.5. The smallest absolute Gasteiger partial charge is 0.349 e. The molecule has 1 amide bonds. The van der Waals surface area contributed by atoms with E-state index >= 15 is 0 Å². The van der Waals surface area contributed by atoms with Gasteiger partial charge < -0.3 is 5.32 Å². The SMILES string of the molecule is CC(C)(C)c1ccc(-n2ncc3c2CCC[C@@H]3NC(=O)CC(F)(F)F)cc1. The average molecular weight is 379 g/mol. The van der Waals surface area contributed by atoms with E-state index in [0.29, 0.717) is 6.42 Å². The summed E-state index contributed by atoms with van der Waals surface area (Å²) in [5, 5.41) is 6.95. The molecule has 27 heavy (non-hydrogen) atoms. The van der Waals surface area contributed by atoms with E-state index in [2.05, 4.69) is 43.3 Å². The molecule has 0 saturated carbocycles. The molecule has 4 nitrogen and oxygen atoms in total. The Labute approximate surface area is 156 Å². The summed E-state index contributed by atoms with van der Waals surface area (Å²) in [4.78, 5) is 11.7. The summed E-state index contributed by atoms with van der Waals surface area (Å²) in [5.74, 6) is -0.998. The molecule has 0 fully saturated rings. The van der Waals surface area contributed by atoms with Crippen LogP contribution in [0.2, 0.25) is 0 Å². The van der Waals surface area contributed by atoms with Gasteiger partial charge in [-0.15, -0.1) is 0 Å². The van der Waals surface area contributed by atoms with Crippen molar-refractivity contribution in [2.75, 3.05) is 0 Å². The monoisotopic (exact) mass is 379 g/mol. The zero-order chi connectivity index (χ0) is 19.8. The zero-order valence-corrected chi connectivity index (χ0v) is 15.7. The number of nitrogens with zero attached hydrogens (tertiary/aromatic N) is 2. The maximum Gasteiger partial charge on any atom is 0.397 e. The van der Waals surface area contributed by atoms with Crippen molar-refractivity contribution in [1.82, 2.24) is 15.1 Å². The molecular weight excluding hydrogens is 355 g/mol. The molecule has 0 radical (unpaired) electrons. The first-order valence-corrected chi connectivity index (χ1v) is 9.08. The number of nitrogens with one attached hydrogen (secondary N) is 1. The van der Waals surface area contributed by atoms with Crippen LogP contribution in [0, 0.1) is 0 Å². The van der Waals surface area contributed by atoms with E-state index in [9.17, 15) is 18.0 Å². The van der Waals surface area contributed by atoms with E-state index in [1.807, 2.05) is 16.8 Å². The minimum absolute atomic E-state index is 0.0515. The van der Waals surface area contributed by atoms with Crippen molar-refractivity contribution in [3.63, 3.8) is 0 Å². The number of rotatable bonds is 3. The number of carbonyl (C=O) groups excluding carboxylic acids is 1. The van der Waals surface area contributed by atoms with Gasteiger partial charge in [0.1, 0.15) is 6.42 Å². The van der Waals surface area contributed by atoms with Gasteiger partial charge in [0, 0.05) is 11.3 Å². The third kappa shape index (κ3) is 4.51. The highest BCUT2D eigenvalue weighted by molar-refractivity contribution is 5.77. The number of hydrogen-bond acceptors (Lipinski definition) is 2. The zero-order valence-electron chi connectivity index (χ0n) is 15.7. The lowest BCUT2D eigenvalue weighted by Crippen LogP contribution is -2.33. The Bertz CT molecular complexity index is 816. The highest BCUT2D eigenvalue weighted by Gasteiger charge is 2.33. The number of amides is 1. The fraction of sp³-hybridized carbons (Fsp3) is 0.500. The lowest BCUT2D eigenvalue weighted by atomic mass is 9.87. The summed E-state index contributed by atoms with van der Waals surface area (Å²) in [5.41, 5.74) is 3.92. The summed E-state index contributed by atoms with van der Waals surface area (Å²) < 4.78 is 39.1. The molecule has 1 aliphatic carbocycles. The number of carbonyl (C=O) groups is 1. The Morgan fingerprint density at radius 2 is 1.89 bits per heavy atom. The minimum atomic E-state index is -4.50. The molecule has 1 aromatic heterocycles. The number of aromatic nitrogens is 2. The van der Waals surface area contributed by atoms with Crippen molar-refractivity contribution < 1.29 is 18.0 Å². The molecule has 0 unspecified atom stereocenters. The molecule has 146 valence electrons. The van der Waals surface area contributed by atoms with Crippen LogP contribution in [0.4, 0.5) is 13.2 Å². The third-order valence-corrected chi connectivity index (χ3v) is 4.86. The molecule has 1 aromatic carbocycles. The normalized spacial score (nSPS) is 17.5. The molecule has 2 aromatic rings. The lowest BCUT2D eigenvalue weighted by molar-refractivity contribution is -0.154. The van der Waals surface area contributed by atoms with Crippen molar-refractivity contribution in [3.8, 4) is 5.69 Å². The first kappa shape index (κ1) is 19.5. The Kier molecular flexibility index (Phi) is 5.06. The lowest BCUT2D eigenvalue weighted by Gasteiger charge is -2.24. The van der Waals surface area contributed by atoms with E-state index in [1.165, 1.54) is 5.56 Å². The number of benzene rings is 1. The van der Waals surface area contributed by atoms with E-state index in [1.54, 1.807) is 6.20 Å². The fourth-order valence-corrected chi connectivity index (χ4v) is 3.46. The molecular formula is C20H24F3N3O. The van der Waals surface area contributed by atoms with Gasteiger partial charge in [0.25, 0.3) is 0 Å². The van der Waals surface area contributed by atoms with E-state index in [-0.39, 0.29) is 5.41 Å². The largest absolute Gasteiger partial charge is 0.397 e. The molecule has 1 heterocycles. The highest BCUT2D eigenvalue weighted by atomic mass is 19.4. The van der Waals surface area contributed by atoms with Crippen LogP contribution in [-0.4, -0.2) is 21.9 Å². The van der Waals surface area contributed by atoms with Gasteiger partial charge in [0.15, 0.2) is 0 Å². The molecule has 1 atom stereocenters. The Hall–Kier alpha value is -2.31. The third-order valence-electron chi connectivity index (χ3n) is 4.86. The second kappa shape index (κ2) is 7.02. The van der Waals surface area contributed by atoms with Crippen molar-refractivity contribution >= 4 is 5.91 Å². The van der Waals surface area contributed by atoms with Gasteiger partial charge in [-0.25, -0.2) is 4.68 Å². The molecule has 7 heteroatoms. The van der Waals surface area contributed by atoms with Crippen LogP contribution in [0.1, 0.15) is 62.9 Å². The number of hydrogen-bond donors (Lipinski definition) is 1. The Balaban J connectivity index is 1.82. The van der Waals surface area contributed by atoms with Crippen LogP contribution in [0.15, 0.2) is 30.5 Å². The van der Waals surface area contributed by atoms with Gasteiger partial charge >= 0.3 is 6.18 Å². The topological polar surface area (TPSA) is 46.9 Å². The summed E-state index contributed by atoms with van der Waals surface area (Å²) in [6, 6.07) is 7.70. The quantitative estimate of drug-likeness (QED) is 0.846. The predicted molar refractivity (Wildman–Crippen MR) is 96.8 cm³/mol. The predicted octanol–water partition coefficient (Wildman–Crippen LogP) is 4.62. The average Bonchev–Trinajstić information content (AvgIpc) is 2.97. The molecule has 0 spiro atoms. The van der Waals surface area contributed by atoms with Crippen LogP contribution in [0.25, 0.3) is 5.69 Å². The van der Waals surface area contributed by atoms with Gasteiger partial charge in [-0.1, -0.05) is 32.9 Å². The van der Waals surface area contributed by atoms with Gasteiger partial charge in [-0.05, 0) is 42.4 Å². The summed E-state index contributed by atoms with van der Waals surface area (Å²) in [6.45, 7) is 6.43. The standard InChI is InChI=1S/C20H24F3N3O/c1-19(2,3)13-7-9-14(10-8-13)26-17-6-4-5-16(15(17)12-24-26)25-18(27)11-20(21,22)23/h7-10,12,16H,4-6,11H2,1-3H3,(H,25,27)/t16-/m0/s1. The molecule has 3 rings (SSSR count). The second-order valence-corrected chi connectivity index (χ2v) is 8.06. The first-order valence-electron chi connectivity index (χ1n) is 9.08. The molecule has 1 N–H and O–H groups in total. The number of fused-ring (bicyclic) bond motifs is 1. The van der Waals surface area contributed by atoms with Crippen LogP contribution in [0.3, 0.4) is 0 Å². The molecule has 1 aliphatic rings. The minimum Gasteiger partial charge on any atom is -0.349 e. The second-order valence-electron chi connectivity index (χ2n) is 8.06. The Morgan fingerprint density at radius 1 is 1.22 bits per heavy atom. The van der Waals surface area contributed by atoms with Crippen molar-refractivity contribution in [1.29, 1.82) is 0 Å². The fourth-order valence-electron chi connectivity index (χ4n) is 3.46. The maximum absolute atomic E-state index is 12.4. The van der Waals surface area contributed by atoms with Crippen molar-refractivity contribution in [2.24, 2.45) is 0 Å². The van der Waals surface area contributed by atoms with Gasteiger partial charge in [0.05, 0.1) is 17.9 Å². The highest BCUT2D eigenvalue weighted by Crippen LogP contribution is 2.32. The van der Waals surface area contributed by atoms with Crippen LogP contribution >= 0.6 is 0 Å². The summed E-state index contributed by atoms with van der Waals surface area (Å²) in [6.07, 6.45) is -2.12. The van der Waals surface area contributed by atoms with E-state index < -0.39 is 24.5 Å². The van der Waals surface area contributed by atoms with Gasteiger partial charge in [0.2, 0.25) is 5.91 Å². The molecule has 0 aliphatic heterocycles. The summed E-state index contributed by atoms with van der Waals surface area (Å²) in [7, 11) is 0. The number of alkyl halides is 3. The Morgan fingerprint density at radius 3 is 2.48 bits per heavy atom. The molecule has 0 saturated heterocycles. The number of halogens is 3. The van der Waals surface area contributed by atoms with Crippen molar-refractivity contribution in [3.05, 3.63) is 47.3 Å². The van der Waals surface area contributed by atoms with Crippen LogP contribution in [-0.2, 0) is 16.6 Å². The van der Waals surface area contributed by atoms with E-state index in [4.69, 9.17) is 0 Å². The van der Waals surface area contributed by atoms with Crippen LogP contribution in [0.5, 0.6) is 0 Å². The van der Waals surface area contributed by atoms with Gasteiger partial charge in [-0.2, -0.15) is 18.3 Å². The summed E-state index contributed by atoms with van der Waals surface area (Å²) >= 11 is 0. The van der Waals surface area contributed by atoms with Gasteiger partial charge in [-0.3, -0.25) is 4.79 Å². The van der Waals surface area contributed by atoms with Crippen LogP contribution < -0.4 is 5.32 Å². The maximum atomic E-state index is 12.4.